The van der Waals surface area contributed by atoms with Gasteiger partial charge in [0, 0.05) is 24.3 Å². The number of carbonyl (C=O) groups is 1. The molecule has 0 aromatic carbocycles. The molecule has 1 N–H and O–H groups in total. The van der Waals surface area contributed by atoms with E-state index in [1.807, 2.05) is 0 Å². The van der Waals surface area contributed by atoms with Gasteiger partial charge in [0.2, 0.25) is 5.91 Å². The van der Waals surface area contributed by atoms with Crippen molar-refractivity contribution in [1.29, 1.82) is 0 Å². The molecule has 5 heteroatoms. The topological polar surface area (TPSA) is 51.2 Å². The minimum Gasteiger partial charge on any atom is -0.378 e. The van der Waals surface area contributed by atoms with E-state index in [0.29, 0.717) is 12.3 Å². The summed E-state index contributed by atoms with van der Waals surface area (Å²) < 4.78 is 5.50. The van der Waals surface area contributed by atoms with Gasteiger partial charge in [0.15, 0.2) is 5.13 Å². The summed E-state index contributed by atoms with van der Waals surface area (Å²) in [6.45, 7) is 0.851. The number of nitrogens with zero attached hydrogens (tertiary/aromatic N) is 1. The lowest BCUT2D eigenvalue weighted by atomic mass is 10.1. The van der Waals surface area contributed by atoms with E-state index in [0.717, 1.165) is 36.7 Å². The highest BCUT2D eigenvalue weighted by Gasteiger charge is 2.26. The molecule has 0 bridgehead atoms. The number of amides is 1. The lowest BCUT2D eigenvalue weighted by Crippen LogP contribution is -2.15. The first-order valence-electron chi connectivity index (χ1n) is 6.68. The van der Waals surface area contributed by atoms with E-state index >= 15 is 0 Å². The average molecular weight is 266 g/mol. The van der Waals surface area contributed by atoms with Crippen LogP contribution in [0, 0.1) is 0 Å². The van der Waals surface area contributed by atoms with Crippen LogP contribution in [0.4, 0.5) is 5.13 Å². The molecule has 4 nitrogen and oxygen atoms in total. The van der Waals surface area contributed by atoms with Crippen LogP contribution in [0.5, 0.6) is 0 Å². The Hall–Kier alpha value is -0.940. The van der Waals surface area contributed by atoms with Gasteiger partial charge in [-0.25, -0.2) is 4.98 Å². The molecule has 1 aliphatic carbocycles. The van der Waals surface area contributed by atoms with Gasteiger partial charge in [-0.05, 0) is 32.1 Å². The SMILES string of the molecule is O=C(CC[C@@H]1CCCO1)Nc1nc(C2CC2)cs1. The summed E-state index contributed by atoms with van der Waals surface area (Å²) in [4.78, 5) is 16.2. The third-order valence-corrected chi connectivity index (χ3v) is 4.26. The Bertz CT molecular complexity index is 422. The lowest BCUT2D eigenvalue weighted by molar-refractivity contribution is -0.116. The highest BCUT2D eigenvalue weighted by molar-refractivity contribution is 7.13. The summed E-state index contributed by atoms with van der Waals surface area (Å²) in [5, 5.41) is 5.69. The van der Waals surface area contributed by atoms with Crippen LogP contribution in [-0.4, -0.2) is 23.6 Å². The van der Waals surface area contributed by atoms with Gasteiger partial charge >= 0.3 is 0 Å². The second-order valence-electron chi connectivity index (χ2n) is 5.07. The van der Waals surface area contributed by atoms with Crippen LogP contribution < -0.4 is 5.32 Å². The van der Waals surface area contributed by atoms with Crippen LogP contribution >= 0.6 is 11.3 Å². The normalized spacial score (nSPS) is 23.2. The molecule has 2 heterocycles. The number of hydrogen-bond donors (Lipinski definition) is 1. The fraction of sp³-hybridized carbons (Fsp3) is 0.692. The fourth-order valence-corrected chi connectivity index (χ4v) is 3.06. The van der Waals surface area contributed by atoms with Crippen molar-refractivity contribution in [2.45, 2.75) is 50.5 Å². The van der Waals surface area contributed by atoms with Gasteiger partial charge in [0.05, 0.1) is 11.8 Å². The van der Waals surface area contributed by atoms with Crippen molar-refractivity contribution in [3.8, 4) is 0 Å². The maximum atomic E-state index is 11.8. The molecule has 0 spiro atoms. The number of thiazole rings is 1. The molecule has 3 rings (SSSR count). The summed E-state index contributed by atoms with van der Waals surface area (Å²) >= 11 is 1.53. The van der Waals surface area contributed by atoms with Gasteiger partial charge < -0.3 is 10.1 Å². The van der Waals surface area contributed by atoms with Crippen LogP contribution in [0.3, 0.4) is 0 Å². The molecule has 1 aromatic heterocycles. The first-order chi connectivity index (χ1) is 8.81. The second kappa shape index (κ2) is 5.36. The maximum Gasteiger partial charge on any atom is 0.226 e. The molecule has 98 valence electrons. The largest absolute Gasteiger partial charge is 0.378 e. The quantitative estimate of drug-likeness (QED) is 0.891. The van der Waals surface area contributed by atoms with Crippen molar-refractivity contribution < 1.29 is 9.53 Å². The smallest absolute Gasteiger partial charge is 0.226 e. The minimum absolute atomic E-state index is 0.0576. The zero-order valence-electron chi connectivity index (χ0n) is 10.4. The maximum absolute atomic E-state index is 11.8. The van der Waals surface area contributed by atoms with E-state index in [-0.39, 0.29) is 12.0 Å². The molecule has 1 saturated heterocycles. The first-order valence-corrected chi connectivity index (χ1v) is 7.56. The molecule has 1 atom stereocenters. The highest BCUT2D eigenvalue weighted by atomic mass is 32.1. The molecule has 2 fully saturated rings. The first kappa shape index (κ1) is 12.1. The van der Waals surface area contributed by atoms with Gasteiger partial charge in [-0.15, -0.1) is 11.3 Å². The summed E-state index contributed by atoms with van der Waals surface area (Å²) in [6, 6.07) is 0. The van der Waals surface area contributed by atoms with Crippen LogP contribution in [0.15, 0.2) is 5.38 Å². The van der Waals surface area contributed by atoms with Crippen molar-refractivity contribution in [1.82, 2.24) is 4.98 Å². The fourth-order valence-electron chi connectivity index (χ4n) is 2.26. The number of aromatic nitrogens is 1. The standard InChI is InChI=1S/C13H18N2O2S/c16-12(6-5-10-2-1-7-17-10)15-13-14-11(8-18-13)9-3-4-9/h8-10H,1-7H2,(H,14,15,16)/t10-/m0/s1. The lowest BCUT2D eigenvalue weighted by Gasteiger charge is -2.07. The Kier molecular flexibility index (Phi) is 3.61. The van der Waals surface area contributed by atoms with Gasteiger partial charge in [0.25, 0.3) is 0 Å². The third kappa shape index (κ3) is 3.09. The zero-order chi connectivity index (χ0) is 12.4. The number of carbonyl (C=O) groups excluding carboxylic acids is 1. The van der Waals surface area contributed by atoms with E-state index in [1.54, 1.807) is 0 Å². The van der Waals surface area contributed by atoms with Gasteiger partial charge in [0.1, 0.15) is 0 Å². The molecule has 0 radical (unpaired) electrons. The van der Waals surface area contributed by atoms with Crippen molar-refractivity contribution in [3.63, 3.8) is 0 Å². The van der Waals surface area contributed by atoms with Gasteiger partial charge in [-0.1, -0.05) is 0 Å². The van der Waals surface area contributed by atoms with E-state index in [4.69, 9.17) is 4.74 Å². The van der Waals surface area contributed by atoms with E-state index < -0.39 is 0 Å². The predicted octanol–water partition coefficient (Wildman–Crippen LogP) is 2.92. The average Bonchev–Trinajstić information content (AvgIpc) is 2.90. The van der Waals surface area contributed by atoms with Gasteiger partial charge in [-0.3, -0.25) is 4.79 Å². The molecule has 0 unspecified atom stereocenters. The van der Waals surface area contributed by atoms with Crippen LogP contribution in [-0.2, 0) is 9.53 Å². The summed E-state index contributed by atoms with van der Waals surface area (Å²) in [6.07, 6.45) is 6.36. The van der Waals surface area contributed by atoms with Crippen molar-refractivity contribution in [2.75, 3.05) is 11.9 Å². The molecule has 1 aromatic rings. The zero-order valence-corrected chi connectivity index (χ0v) is 11.2. The predicted molar refractivity (Wildman–Crippen MR) is 70.9 cm³/mol. The molecular formula is C13H18N2O2S. The van der Waals surface area contributed by atoms with Crippen LogP contribution in [0.1, 0.15) is 50.1 Å². The summed E-state index contributed by atoms with van der Waals surface area (Å²) in [5.74, 6) is 0.709. The number of rotatable bonds is 5. The minimum atomic E-state index is 0.0576. The number of ether oxygens (including phenoxy) is 1. The van der Waals surface area contributed by atoms with E-state index in [9.17, 15) is 4.79 Å². The van der Waals surface area contributed by atoms with Crippen LogP contribution in [0.2, 0.25) is 0 Å². The highest BCUT2D eigenvalue weighted by Crippen LogP contribution is 2.40. The Labute approximate surface area is 111 Å². The van der Waals surface area contributed by atoms with E-state index in [2.05, 4.69) is 15.7 Å². The Morgan fingerprint density at radius 3 is 3.11 bits per heavy atom. The van der Waals surface area contributed by atoms with E-state index in [1.165, 1.54) is 24.2 Å². The number of anilines is 1. The molecule has 2 aliphatic rings. The summed E-state index contributed by atoms with van der Waals surface area (Å²) in [5.41, 5.74) is 1.15. The second-order valence-corrected chi connectivity index (χ2v) is 5.93. The third-order valence-electron chi connectivity index (χ3n) is 3.48. The summed E-state index contributed by atoms with van der Waals surface area (Å²) in [7, 11) is 0. The Balaban J connectivity index is 1.44. The Morgan fingerprint density at radius 1 is 1.50 bits per heavy atom. The number of hydrogen-bond acceptors (Lipinski definition) is 4. The van der Waals surface area contributed by atoms with Gasteiger partial charge in [-0.2, -0.15) is 0 Å². The number of nitrogens with one attached hydrogen (secondary N) is 1. The van der Waals surface area contributed by atoms with Crippen molar-refractivity contribution in [2.24, 2.45) is 0 Å². The molecule has 1 saturated carbocycles. The van der Waals surface area contributed by atoms with Crippen LogP contribution in [0.25, 0.3) is 0 Å². The molecular weight excluding hydrogens is 248 g/mol. The molecule has 1 amide bonds. The monoisotopic (exact) mass is 266 g/mol. The molecule has 18 heavy (non-hydrogen) atoms. The van der Waals surface area contributed by atoms with Crippen molar-refractivity contribution in [3.05, 3.63) is 11.1 Å². The molecule has 1 aliphatic heterocycles. The Morgan fingerprint density at radius 2 is 2.39 bits per heavy atom. The van der Waals surface area contributed by atoms with Crippen molar-refractivity contribution >= 4 is 22.4 Å².